The Morgan fingerprint density at radius 1 is 1.36 bits per heavy atom. The number of anilines is 1. The van der Waals surface area contributed by atoms with E-state index in [0.717, 1.165) is 17.7 Å². The Bertz CT molecular complexity index is 596. The number of thiazole rings is 1. The summed E-state index contributed by atoms with van der Waals surface area (Å²) >= 11 is 1.44. The number of rotatable bonds is 6. The van der Waals surface area contributed by atoms with Gasteiger partial charge < -0.3 is 11.1 Å². The van der Waals surface area contributed by atoms with Crippen LogP contribution in [0.1, 0.15) is 32.3 Å². The third-order valence-corrected chi connectivity index (χ3v) is 3.99. The number of hydrogen-bond acceptors (Lipinski definition) is 4. The summed E-state index contributed by atoms with van der Waals surface area (Å²) in [7, 11) is 0. The number of amides is 1. The smallest absolute Gasteiger partial charge is 0.226 e. The van der Waals surface area contributed by atoms with E-state index >= 15 is 0 Å². The number of nitrogens with zero attached hydrogens (tertiary/aromatic N) is 1. The lowest BCUT2D eigenvalue weighted by molar-refractivity contribution is -0.116. The van der Waals surface area contributed by atoms with Crippen molar-refractivity contribution in [2.75, 3.05) is 5.32 Å². The number of nitrogens with two attached hydrogens (primary N) is 1. The van der Waals surface area contributed by atoms with Crippen molar-refractivity contribution >= 4 is 34.8 Å². The summed E-state index contributed by atoms with van der Waals surface area (Å²) in [5.74, 6) is -0.0328. The highest BCUT2D eigenvalue weighted by Crippen LogP contribution is 2.25. The third kappa shape index (κ3) is 5.40. The number of benzene rings is 1. The molecule has 22 heavy (non-hydrogen) atoms. The molecule has 120 valence electrons. The predicted molar refractivity (Wildman–Crippen MR) is 95.7 cm³/mol. The van der Waals surface area contributed by atoms with Crippen LogP contribution in [0.4, 0.5) is 5.13 Å². The second-order valence-electron chi connectivity index (χ2n) is 5.15. The van der Waals surface area contributed by atoms with E-state index in [2.05, 4.69) is 41.5 Å². The third-order valence-electron chi connectivity index (χ3n) is 3.24. The number of halogens is 1. The largest absolute Gasteiger partial charge is 0.328 e. The molecular weight excluding hydrogens is 318 g/mol. The molecule has 3 N–H and O–H groups in total. The zero-order valence-corrected chi connectivity index (χ0v) is 14.5. The fourth-order valence-corrected chi connectivity index (χ4v) is 2.65. The molecule has 0 aliphatic rings. The molecular formula is C16H22ClN3OS. The van der Waals surface area contributed by atoms with E-state index in [1.807, 2.05) is 12.3 Å². The molecule has 1 atom stereocenters. The van der Waals surface area contributed by atoms with E-state index in [0.29, 0.717) is 18.0 Å². The van der Waals surface area contributed by atoms with Gasteiger partial charge in [0.25, 0.3) is 0 Å². The van der Waals surface area contributed by atoms with Crippen LogP contribution < -0.4 is 11.1 Å². The van der Waals surface area contributed by atoms with E-state index in [-0.39, 0.29) is 24.4 Å². The lowest BCUT2D eigenvalue weighted by atomic mass is 10.1. The molecule has 6 heteroatoms. The zero-order chi connectivity index (χ0) is 15.2. The van der Waals surface area contributed by atoms with Crippen molar-refractivity contribution in [1.82, 2.24) is 4.98 Å². The van der Waals surface area contributed by atoms with Crippen molar-refractivity contribution in [3.8, 4) is 11.3 Å². The molecule has 1 aromatic heterocycles. The summed E-state index contributed by atoms with van der Waals surface area (Å²) < 4.78 is 0. The van der Waals surface area contributed by atoms with E-state index in [1.54, 1.807) is 0 Å². The Kier molecular flexibility index (Phi) is 7.51. The molecule has 1 aromatic carbocycles. The van der Waals surface area contributed by atoms with Crippen LogP contribution in [0.5, 0.6) is 0 Å². The molecule has 0 saturated carbocycles. The van der Waals surface area contributed by atoms with Gasteiger partial charge in [-0.25, -0.2) is 4.98 Å². The van der Waals surface area contributed by atoms with E-state index < -0.39 is 0 Å². The Morgan fingerprint density at radius 3 is 2.64 bits per heavy atom. The second kappa shape index (κ2) is 8.88. The molecule has 0 fully saturated rings. The van der Waals surface area contributed by atoms with Crippen LogP contribution in [0.3, 0.4) is 0 Å². The van der Waals surface area contributed by atoms with Gasteiger partial charge in [-0.15, -0.1) is 23.7 Å². The summed E-state index contributed by atoms with van der Waals surface area (Å²) in [5.41, 5.74) is 8.91. The number of carbonyl (C=O) groups is 1. The Hall–Kier alpha value is -1.43. The summed E-state index contributed by atoms with van der Waals surface area (Å²) in [4.78, 5) is 16.2. The molecule has 0 bridgehead atoms. The fraction of sp³-hybridized carbons (Fsp3) is 0.375. The highest BCUT2D eigenvalue weighted by molar-refractivity contribution is 7.14. The van der Waals surface area contributed by atoms with Crippen LogP contribution in [0.25, 0.3) is 11.3 Å². The van der Waals surface area contributed by atoms with Gasteiger partial charge in [-0.2, -0.15) is 0 Å². The molecule has 0 aliphatic carbocycles. The quantitative estimate of drug-likeness (QED) is 0.839. The summed E-state index contributed by atoms with van der Waals surface area (Å²) in [5, 5.41) is 5.42. The number of carbonyl (C=O) groups excluding carboxylic acids is 1. The van der Waals surface area contributed by atoms with Gasteiger partial charge >= 0.3 is 0 Å². The van der Waals surface area contributed by atoms with Gasteiger partial charge in [-0.1, -0.05) is 31.2 Å². The molecule has 1 amide bonds. The topological polar surface area (TPSA) is 68.0 Å². The van der Waals surface area contributed by atoms with Crippen molar-refractivity contribution < 1.29 is 4.79 Å². The molecule has 0 radical (unpaired) electrons. The lowest BCUT2D eigenvalue weighted by Gasteiger charge is -2.04. The maximum atomic E-state index is 11.7. The van der Waals surface area contributed by atoms with Gasteiger partial charge in [0.2, 0.25) is 5.91 Å². The molecule has 1 unspecified atom stereocenters. The first-order valence-corrected chi connectivity index (χ1v) is 8.06. The van der Waals surface area contributed by atoms with Crippen molar-refractivity contribution in [3.63, 3.8) is 0 Å². The summed E-state index contributed by atoms with van der Waals surface area (Å²) in [6.45, 7) is 4.03. The molecule has 2 aromatic rings. The van der Waals surface area contributed by atoms with E-state index in [9.17, 15) is 4.79 Å². The van der Waals surface area contributed by atoms with E-state index in [1.165, 1.54) is 16.9 Å². The van der Waals surface area contributed by atoms with Crippen molar-refractivity contribution in [1.29, 1.82) is 0 Å². The molecule has 1 heterocycles. The average Bonchev–Trinajstić information content (AvgIpc) is 2.93. The highest BCUT2D eigenvalue weighted by atomic mass is 35.5. The maximum Gasteiger partial charge on any atom is 0.226 e. The first kappa shape index (κ1) is 18.6. The van der Waals surface area contributed by atoms with Crippen LogP contribution in [-0.4, -0.2) is 16.9 Å². The Balaban J connectivity index is 0.00000242. The number of hydrogen-bond donors (Lipinski definition) is 2. The molecule has 0 spiro atoms. The van der Waals surface area contributed by atoms with Gasteiger partial charge in [0.05, 0.1) is 5.69 Å². The van der Waals surface area contributed by atoms with Crippen molar-refractivity contribution in [2.24, 2.45) is 5.73 Å². The van der Waals surface area contributed by atoms with Crippen LogP contribution in [0.15, 0.2) is 29.6 Å². The Labute approximate surface area is 141 Å². The van der Waals surface area contributed by atoms with Crippen LogP contribution in [0.2, 0.25) is 0 Å². The molecule has 0 aliphatic heterocycles. The molecule has 0 saturated heterocycles. The fourth-order valence-electron chi connectivity index (χ4n) is 1.92. The van der Waals surface area contributed by atoms with Crippen LogP contribution in [0, 0.1) is 0 Å². The SMILES string of the molecule is CCc1ccc(-c2csc(NC(=O)CCC(C)N)n2)cc1.Cl. The first-order chi connectivity index (χ1) is 10.1. The minimum absolute atomic E-state index is 0. The van der Waals surface area contributed by atoms with E-state index in [4.69, 9.17) is 5.73 Å². The normalized spacial score (nSPS) is 11.6. The standard InChI is InChI=1S/C16H21N3OS.ClH/c1-3-12-5-7-13(8-6-12)14-10-21-16(18-14)19-15(20)9-4-11(2)17;/h5-8,10-11H,3-4,9,17H2,1-2H3,(H,18,19,20);1H. The minimum Gasteiger partial charge on any atom is -0.328 e. The zero-order valence-electron chi connectivity index (χ0n) is 12.8. The van der Waals surface area contributed by atoms with Gasteiger partial charge in [0.15, 0.2) is 5.13 Å². The molecule has 2 rings (SSSR count). The predicted octanol–water partition coefficient (Wildman–Crippen LogP) is 3.86. The Morgan fingerprint density at radius 2 is 2.05 bits per heavy atom. The summed E-state index contributed by atoms with van der Waals surface area (Å²) in [6.07, 6.45) is 2.14. The number of nitrogens with one attached hydrogen (secondary N) is 1. The van der Waals surface area contributed by atoms with Crippen LogP contribution in [-0.2, 0) is 11.2 Å². The highest BCUT2D eigenvalue weighted by Gasteiger charge is 2.08. The first-order valence-electron chi connectivity index (χ1n) is 7.18. The van der Waals surface area contributed by atoms with Crippen molar-refractivity contribution in [3.05, 3.63) is 35.2 Å². The average molecular weight is 340 g/mol. The summed E-state index contributed by atoms with van der Waals surface area (Å²) in [6, 6.07) is 8.38. The maximum absolute atomic E-state index is 11.7. The van der Waals surface area contributed by atoms with Crippen molar-refractivity contribution in [2.45, 2.75) is 39.2 Å². The second-order valence-corrected chi connectivity index (χ2v) is 6.01. The number of aromatic nitrogens is 1. The minimum atomic E-state index is -0.0328. The van der Waals surface area contributed by atoms with Gasteiger partial charge in [0.1, 0.15) is 0 Å². The monoisotopic (exact) mass is 339 g/mol. The number of aryl methyl sites for hydroxylation is 1. The van der Waals surface area contributed by atoms with Gasteiger partial charge in [0, 0.05) is 23.4 Å². The van der Waals surface area contributed by atoms with Gasteiger partial charge in [-0.05, 0) is 25.3 Å². The van der Waals surface area contributed by atoms with Gasteiger partial charge in [-0.3, -0.25) is 4.79 Å². The lowest BCUT2D eigenvalue weighted by Crippen LogP contribution is -2.19. The van der Waals surface area contributed by atoms with Crippen LogP contribution >= 0.6 is 23.7 Å². The molecule has 4 nitrogen and oxygen atoms in total.